The van der Waals surface area contributed by atoms with E-state index in [1.165, 1.54) is 105 Å². The molecule has 80 heavy (non-hydrogen) atoms. The molecule has 0 atom stereocenters. The zero-order valence-electron chi connectivity index (χ0n) is 47.2. The lowest BCUT2D eigenvalue weighted by molar-refractivity contribution is 0.962. The maximum Gasteiger partial charge on any atom is 0.243 e. The standard InChI is InChI=1S/C42H42BN3.C30H20N4/c1-25-19-28(4)40(31(7)37(25)34-13-10-16-44-22-34)43(41-29(5)20-26(2)38(32(41)8)35-14-11-17-45-23-35)42-30(6)21-27(3)39(33(42)9)36-15-12-18-46-24-36;1-34-29-25-9-5-17-32-27(25)26-24(8-4-16-31-26)28(29)33-30(34)21-13-10-20(11-14-21)23-15-12-19-6-2-3-7-22(19)18-23/h10-24H,1-9H3;2-18H,1H3. The Bertz CT molecular complexity index is 4270. The molecule has 0 amide bonds. The fourth-order valence-electron chi connectivity index (χ4n) is 13.2. The van der Waals surface area contributed by atoms with Crippen LogP contribution in [0.15, 0.2) is 195 Å². The fraction of sp³-hybridized carbons (Fsp3) is 0.139. The van der Waals surface area contributed by atoms with E-state index in [1.807, 2.05) is 79.9 Å². The molecule has 0 saturated carbocycles. The van der Waals surface area contributed by atoms with E-state index in [2.05, 4.69) is 214 Å². The summed E-state index contributed by atoms with van der Waals surface area (Å²) < 4.78 is 2.18. The number of nitrogens with zero attached hydrogens (tertiary/aromatic N) is 7. The van der Waals surface area contributed by atoms with Crippen molar-refractivity contribution in [1.82, 2.24) is 34.5 Å². The number of benzene rings is 7. The molecule has 0 aliphatic rings. The first kappa shape index (κ1) is 51.4. The highest BCUT2D eigenvalue weighted by atomic mass is 15.1. The predicted octanol–water partition coefficient (Wildman–Crippen LogP) is 15.3. The zero-order chi connectivity index (χ0) is 55.3. The Kier molecular flexibility index (Phi) is 13.5. The van der Waals surface area contributed by atoms with Crippen LogP contribution in [0.2, 0.25) is 0 Å². The van der Waals surface area contributed by atoms with E-state index in [0.717, 1.165) is 60.9 Å². The Morgan fingerprint density at radius 2 is 0.775 bits per heavy atom. The second-order valence-electron chi connectivity index (χ2n) is 21.6. The largest absolute Gasteiger partial charge is 0.327 e. The molecule has 388 valence electrons. The molecule has 13 aromatic rings. The average molecular weight is 1040 g/mol. The van der Waals surface area contributed by atoms with Crippen molar-refractivity contribution in [2.75, 3.05) is 0 Å². The van der Waals surface area contributed by atoms with Gasteiger partial charge in [-0.3, -0.25) is 24.9 Å². The first-order valence-corrected chi connectivity index (χ1v) is 27.5. The summed E-state index contributed by atoms with van der Waals surface area (Å²) in [4.78, 5) is 27.9. The number of aromatic nitrogens is 7. The fourth-order valence-corrected chi connectivity index (χ4v) is 13.2. The van der Waals surface area contributed by atoms with Crippen molar-refractivity contribution in [2.24, 2.45) is 7.05 Å². The number of imidazole rings is 1. The summed E-state index contributed by atoms with van der Waals surface area (Å²) in [6.45, 7) is 20.5. The Balaban J connectivity index is 0.000000166. The van der Waals surface area contributed by atoms with Crippen molar-refractivity contribution < 1.29 is 0 Å². The number of hydrogen-bond donors (Lipinski definition) is 0. The molecular weight excluding hydrogens is 974 g/mol. The summed E-state index contributed by atoms with van der Waals surface area (Å²) >= 11 is 0. The Hall–Kier alpha value is -9.40. The molecule has 0 unspecified atom stereocenters. The van der Waals surface area contributed by atoms with Crippen LogP contribution in [0.3, 0.4) is 0 Å². The highest BCUT2D eigenvalue weighted by molar-refractivity contribution is 6.97. The van der Waals surface area contributed by atoms with Crippen LogP contribution in [-0.2, 0) is 7.05 Å². The lowest BCUT2D eigenvalue weighted by Crippen LogP contribution is -2.58. The van der Waals surface area contributed by atoms with Gasteiger partial charge in [-0.15, -0.1) is 0 Å². The number of hydrogen-bond acceptors (Lipinski definition) is 6. The van der Waals surface area contributed by atoms with Gasteiger partial charge in [0.15, 0.2) is 0 Å². The van der Waals surface area contributed by atoms with Gasteiger partial charge >= 0.3 is 0 Å². The third-order valence-corrected chi connectivity index (χ3v) is 16.5. The highest BCUT2D eigenvalue weighted by Crippen LogP contribution is 2.37. The summed E-state index contributed by atoms with van der Waals surface area (Å²) in [5, 5.41) is 4.60. The van der Waals surface area contributed by atoms with Crippen LogP contribution in [0.1, 0.15) is 50.1 Å². The summed E-state index contributed by atoms with van der Waals surface area (Å²) in [5.74, 6) is 0.932. The van der Waals surface area contributed by atoms with Gasteiger partial charge in [-0.25, -0.2) is 4.98 Å². The monoisotopic (exact) mass is 1040 g/mol. The van der Waals surface area contributed by atoms with E-state index in [9.17, 15) is 0 Å². The molecule has 0 fully saturated rings. The molecule has 0 aliphatic heterocycles. The van der Waals surface area contributed by atoms with Crippen LogP contribution in [-0.4, -0.2) is 41.2 Å². The lowest BCUT2D eigenvalue weighted by atomic mass is 9.32. The van der Waals surface area contributed by atoms with Gasteiger partial charge in [0.2, 0.25) is 6.71 Å². The first-order valence-electron chi connectivity index (χ1n) is 27.5. The quantitative estimate of drug-likeness (QED) is 0.111. The molecule has 6 aromatic heterocycles. The summed E-state index contributed by atoms with van der Waals surface area (Å²) in [7, 11) is 2.08. The number of pyridine rings is 5. The molecule has 8 heteroatoms. The van der Waals surface area contributed by atoms with Crippen LogP contribution in [0, 0.1) is 62.3 Å². The van der Waals surface area contributed by atoms with Crippen molar-refractivity contribution in [1.29, 1.82) is 0 Å². The lowest BCUT2D eigenvalue weighted by Gasteiger charge is -2.31. The Morgan fingerprint density at radius 3 is 1.25 bits per heavy atom. The topological polar surface area (TPSA) is 82.3 Å². The molecule has 0 aliphatic carbocycles. The summed E-state index contributed by atoms with van der Waals surface area (Å²) in [6, 6.07) is 51.7. The highest BCUT2D eigenvalue weighted by Gasteiger charge is 2.34. The first-order chi connectivity index (χ1) is 38.9. The minimum atomic E-state index is 0.00284. The molecule has 6 heterocycles. The van der Waals surface area contributed by atoms with Crippen molar-refractivity contribution in [3.63, 3.8) is 0 Å². The summed E-state index contributed by atoms with van der Waals surface area (Å²) in [5.41, 5.74) is 30.3. The third-order valence-electron chi connectivity index (χ3n) is 16.5. The van der Waals surface area contributed by atoms with Gasteiger partial charge in [0, 0.05) is 89.6 Å². The SMILES string of the molecule is Cc1cc(C)c(-c2cccnc2)c(C)c1B(c1c(C)cc(C)c(-c2cccnc2)c1C)c1c(C)cc(C)c(-c2cccnc2)c1C.Cn1c(-c2ccc(-c3ccc4ccccc4c3)cc2)nc2c3cccnc3c3ncccc3c21. The molecule has 0 N–H and O–H groups in total. The molecule has 7 nitrogen and oxygen atoms in total. The number of fused-ring (bicyclic) bond motifs is 7. The molecule has 0 spiro atoms. The Morgan fingerprint density at radius 1 is 0.350 bits per heavy atom. The predicted molar refractivity (Wildman–Crippen MR) is 336 cm³/mol. The van der Waals surface area contributed by atoms with Crippen molar-refractivity contribution in [3.8, 4) is 55.9 Å². The van der Waals surface area contributed by atoms with Crippen LogP contribution < -0.4 is 16.4 Å². The maximum absolute atomic E-state index is 5.10. The minimum absolute atomic E-state index is 0.00284. The van der Waals surface area contributed by atoms with E-state index >= 15 is 0 Å². The van der Waals surface area contributed by atoms with Crippen molar-refractivity contribution >= 4 is 66.7 Å². The van der Waals surface area contributed by atoms with Gasteiger partial charge in [0.1, 0.15) is 5.82 Å². The molecule has 7 aromatic carbocycles. The second-order valence-corrected chi connectivity index (χ2v) is 21.6. The van der Waals surface area contributed by atoms with E-state index in [1.54, 1.807) is 0 Å². The van der Waals surface area contributed by atoms with Crippen molar-refractivity contribution in [2.45, 2.75) is 62.3 Å². The maximum atomic E-state index is 5.10. The number of aryl methyl sites for hydroxylation is 7. The Labute approximate surface area is 469 Å². The molecule has 0 radical (unpaired) electrons. The molecule has 13 rings (SSSR count). The smallest absolute Gasteiger partial charge is 0.243 e. The summed E-state index contributed by atoms with van der Waals surface area (Å²) in [6.07, 6.45) is 15.2. The second kappa shape index (κ2) is 21.1. The zero-order valence-corrected chi connectivity index (χ0v) is 47.2. The molecule has 0 saturated heterocycles. The van der Waals surface area contributed by atoms with Gasteiger partial charge in [0.05, 0.1) is 22.1 Å². The van der Waals surface area contributed by atoms with E-state index in [-0.39, 0.29) is 6.71 Å². The van der Waals surface area contributed by atoms with Gasteiger partial charge in [-0.1, -0.05) is 130 Å². The van der Waals surface area contributed by atoms with E-state index in [0.29, 0.717) is 0 Å². The minimum Gasteiger partial charge on any atom is -0.327 e. The van der Waals surface area contributed by atoms with Gasteiger partial charge in [0.25, 0.3) is 0 Å². The molecular formula is C72H62BN7. The van der Waals surface area contributed by atoms with Gasteiger partial charge in [-0.05, 0) is 183 Å². The van der Waals surface area contributed by atoms with Gasteiger partial charge < -0.3 is 4.57 Å². The van der Waals surface area contributed by atoms with Crippen LogP contribution >= 0.6 is 0 Å². The van der Waals surface area contributed by atoms with E-state index < -0.39 is 0 Å². The van der Waals surface area contributed by atoms with Crippen LogP contribution in [0.4, 0.5) is 0 Å². The van der Waals surface area contributed by atoms with Crippen LogP contribution in [0.25, 0.3) is 99.5 Å². The third kappa shape index (κ3) is 9.00. The van der Waals surface area contributed by atoms with Crippen LogP contribution in [0.5, 0.6) is 0 Å². The van der Waals surface area contributed by atoms with E-state index in [4.69, 9.17) is 4.98 Å². The molecule has 0 bridgehead atoms. The van der Waals surface area contributed by atoms with Gasteiger partial charge in [-0.2, -0.15) is 0 Å². The normalized spacial score (nSPS) is 11.4. The average Bonchev–Trinajstić information content (AvgIpc) is 3.97. The number of rotatable bonds is 8. The van der Waals surface area contributed by atoms with Crippen molar-refractivity contribution in [3.05, 3.63) is 245 Å².